The van der Waals surface area contributed by atoms with Crippen molar-refractivity contribution in [1.82, 2.24) is 18.3 Å². The van der Waals surface area contributed by atoms with E-state index in [1.165, 1.54) is 24.3 Å². The molecule has 8 heteroatoms. The van der Waals surface area contributed by atoms with Crippen LogP contribution in [0.15, 0.2) is 206 Å². The Morgan fingerprint density at radius 2 is 0.529 bits per heavy atom. The van der Waals surface area contributed by atoms with Crippen LogP contribution in [0, 0.1) is 23.3 Å². The Kier molecular flexibility index (Phi) is 8.08. The van der Waals surface area contributed by atoms with Crippen LogP contribution in [0.3, 0.4) is 0 Å². The lowest BCUT2D eigenvalue weighted by molar-refractivity contribution is 0.507. The Balaban J connectivity index is 1.02. The zero-order valence-electron chi connectivity index (χ0n) is 35.9. The average molecular weight is 887 g/mol. The topological polar surface area (TPSA) is 19.7 Å². The van der Waals surface area contributed by atoms with E-state index in [1.807, 2.05) is 140 Å². The first-order valence-electron chi connectivity index (χ1n) is 22.4. The van der Waals surface area contributed by atoms with Crippen molar-refractivity contribution < 1.29 is 17.6 Å². The van der Waals surface area contributed by atoms with Gasteiger partial charge in [-0.2, -0.15) is 0 Å². The molecule has 0 N–H and O–H groups in total. The van der Waals surface area contributed by atoms with Crippen molar-refractivity contribution in [3.63, 3.8) is 0 Å². The molecule has 0 aliphatic rings. The zero-order valence-corrected chi connectivity index (χ0v) is 35.9. The normalized spacial score (nSPS) is 12.1. The summed E-state index contributed by atoms with van der Waals surface area (Å²) >= 11 is 0. The molecule has 0 unspecified atom stereocenters. The summed E-state index contributed by atoms with van der Waals surface area (Å²) in [6.45, 7) is 0. The number of hydrogen-bond acceptors (Lipinski definition) is 0. The lowest BCUT2D eigenvalue weighted by Crippen LogP contribution is -2.05. The highest BCUT2D eigenvalue weighted by Gasteiger charge is 2.25. The molecule has 68 heavy (non-hydrogen) atoms. The molecular weight excluding hydrogens is 853 g/mol. The van der Waals surface area contributed by atoms with Crippen LogP contribution in [0.25, 0.3) is 121 Å². The third kappa shape index (κ3) is 5.31. The number of hydrogen-bond donors (Lipinski definition) is 0. The summed E-state index contributed by atoms with van der Waals surface area (Å²) in [4.78, 5) is 0. The van der Waals surface area contributed by atoms with Gasteiger partial charge in [-0.3, -0.25) is 0 Å². The number of aromatic nitrogens is 4. The number of benzene rings is 10. The van der Waals surface area contributed by atoms with Gasteiger partial charge in [-0.15, -0.1) is 0 Å². The summed E-state index contributed by atoms with van der Waals surface area (Å²) < 4.78 is 71.0. The maximum Gasteiger partial charge on any atom is 0.161 e. The third-order valence-electron chi connectivity index (χ3n) is 13.8. The first-order chi connectivity index (χ1) is 33.4. The van der Waals surface area contributed by atoms with Crippen LogP contribution >= 0.6 is 0 Å². The van der Waals surface area contributed by atoms with Gasteiger partial charge in [0.05, 0.1) is 66.9 Å². The Hall–Kier alpha value is -8.88. The fourth-order valence-electron chi connectivity index (χ4n) is 11.1. The summed E-state index contributed by atoms with van der Waals surface area (Å²) in [6.07, 6.45) is 0. The van der Waals surface area contributed by atoms with Crippen LogP contribution in [0.5, 0.6) is 0 Å². The summed E-state index contributed by atoms with van der Waals surface area (Å²) in [7, 11) is 0. The SMILES string of the molecule is Fc1cc(-n2c3ccccc3c3ccccc32)c(-n2c3ccccc3c3cc(-c4cccc5c4c4ccccc4n5-c4cc(F)c(F)cc4-n4c5ccccc5c5ccccc54)ccc32)cc1F. The molecule has 0 atom stereocenters. The number of halogens is 4. The van der Waals surface area contributed by atoms with Crippen molar-refractivity contribution in [2.24, 2.45) is 0 Å². The minimum absolute atomic E-state index is 0.489. The Morgan fingerprint density at radius 3 is 0.926 bits per heavy atom. The van der Waals surface area contributed by atoms with Gasteiger partial charge < -0.3 is 18.3 Å². The van der Waals surface area contributed by atoms with Crippen LogP contribution in [0.4, 0.5) is 17.6 Å². The molecule has 0 aliphatic carbocycles. The molecule has 0 spiro atoms. The van der Waals surface area contributed by atoms with Gasteiger partial charge in [-0.1, -0.05) is 127 Å². The van der Waals surface area contributed by atoms with E-state index in [9.17, 15) is 0 Å². The molecule has 0 bridgehead atoms. The molecule has 14 rings (SSSR count). The van der Waals surface area contributed by atoms with Crippen LogP contribution in [-0.4, -0.2) is 18.3 Å². The molecule has 0 fully saturated rings. The van der Waals surface area contributed by atoms with Gasteiger partial charge in [-0.25, -0.2) is 17.6 Å². The van der Waals surface area contributed by atoms with E-state index in [0.717, 1.165) is 98.4 Å². The number of rotatable bonds is 5. The smallest absolute Gasteiger partial charge is 0.161 e. The Labute approximate surface area is 385 Å². The van der Waals surface area contributed by atoms with Crippen molar-refractivity contribution in [3.05, 3.63) is 230 Å². The highest BCUT2D eigenvalue weighted by Crippen LogP contribution is 2.44. The van der Waals surface area contributed by atoms with E-state index >= 15 is 17.6 Å². The monoisotopic (exact) mass is 886 g/mol. The second-order valence-electron chi connectivity index (χ2n) is 17.4. The minimum Gasteiger partial charge on any atom is -0.307 e. The summed E-state index contributed by atoms with van der Waals surface area (Å²) in [6, 6.07) is 65.7. The van der Waals surface area contributed by atoms with Gasteiger partial charge in [0.2, 0.25) is 0 Å². The van der Waals surface area contributed by atoms with Crippen molar-refractivity contribution >= 4 is 87.2 Å². The Morgan fingerprint density at radius 1 is 0.235 bits per heavy atom. The fraction of sp³-hybridized carbons (Fsp3) is 0. The standard InChI is InChI=1S/C60H34F4N4/c61-44-31-56(65-48-21-7-1-14-37(48)38-15-2-8-22-49(38)65)57(32-45(44)62)67-52-25-11-5-18-41(52)43-30-35(28-29-54(43)67)36-20-13-27-55-60(36)42-19-6-12-26-53(42)68(55)59-34-47(64)46(63)33-58(59)66-50-23-9-3-16-39(50)40-17-4-10-24-51(40)66/h1-34H. The number of nitrogens with zero attached hydrogens (tertiary/aromatic N) is 4. The van der Waals surface area contributed by atoms with Crippen LogP contribution in [0.2, 0.25) is 0 Å². The van der Waals surface area contributed by atoms with E-state index in [2.05, 4.69) is 60.7 Å². The molecule has 0 saturated carbocycles. The predicted octanol–water partition coefficient (Wildman–Crippen LogP) is 16.3. The molecule has 0 aliphatic heterocycles. The van der Waals surface area contributed by atoms with Gasteiger partial charge in [-0.05, 0) is 65.7 Å². The van der Waals surface area contributed by atoms with E-state index in [0.29, 0.717) is 22.7 Å². The van der Waals surface area contributed by atoms with Crippen LogP contribution in [-0.2, 0) is 0 Å². The predicted molar refractivity (Wildman–Crippen MR) is 269 cm³/mol. The first kappa shape index (κ1) is 38.4. The second-order valence-corrected chi connectivity index (χ2v) is 17.4. The molecule has 0 radical (unpaired) electrons. The molecule has 0 amide bonds. The molecule has 4 aromatic heterocycles. The van der Waals surface area contributed by atoms with Crippen molar-refractivity contribution in [3.8, 4) is 33.9 Å². The van der Waals surface area contributed by atoms with Crippen LogP contribution in [0.1, 0.15) is 0 Å². The van der Waals surface area contributed by atoms with Crippen molar-refractivity contribution in [1.29, 1.82) is 0 Å². The van der Waals surface area contributed by atoms with Crippen molar-refractivity contribution in [2.45, 2.75) is 0 Å². The highest BCUT2D eigenvalue weighted by molar-refractivity contribution is 6.18. The summed E-state index contributed by atoms with van der Waals surface area (Å²) in [5.41, 5.74) is 10.6. The highest BCUT2D eigenvalue weighted by atomic mass is 19.2. The maximum absolute atomic E-state index is 15.8. The number of para-hydroxylation sites is 6. The molecule has 322 valence electrons. The zero-order chi connectivity index (χ0) is 45.4. The lowest BCUT2D eigenvalue weighted by atomic mass is 9.98. The first-order valence-corrected chi connectivity index (χ1v) is 22.4. The third-order valence-corrected chi connectivity index (χ3v) is 13.8. The average Bonchev–Trinajstić information content (AvgIpc) is 4.10. The van der Waals surface area contributed by atoms with Gasteiger partial charge >= 0.3 is 0 Å². The van der Waals surface area contributed by atoms with E-state index in [4.69, 9.17) is 0 Å². The molecule has 10 aromatic carbocycles. The largest absolute Gasteiger partial charge is 0.307 e. The Bertz CT molecular complexity index is 4350. The van der Waals surface area contributed by atoms with E-state index in [-0.39, 0.29) is 0 Å². The fourth-order valence-corrected chi connectivity index (χ4v) is 11.1. The van der Waals surface area contributed by atoms with Crippen molar-refractivity contribution in [2.75, 3.05) is 0 Å². The summed E-state index contributed by atoms with van der Waals surface area (Å²) in [5, 5.41) is 7.78. The molecule has 4 nitrogen and oxygen atoms in total. The quantitative estimate of drug-likeness (QED) is 0.153. The lowest BCUT2D eigenvalue weighted by Gasteiger charge is -2.17. The van der Waals surface area contributed by atoms with Gasteiger partial charge in [0, 0.05) is 67.4 Å². The van der Waals surface area contributed by atoms with E-state index in [1.54, 1.807) is 0 Å². The van der Waals surface area contributed by atoms with Gasteiger partial charge in [0.15, 0.2) is 23.3 Å². The van der Waals surface area contributed by atoms with Crippen LogP contribution < -0.4 is 0 Å². The maximum atomic E-state index is 15.8. The second kappa shape index (κ2) is 14.3. The van der Waals surface area contributed by atoms with E-state index < -0.39 is 23.3 Å². The summed E-state index contributed by atoms with van der Waals surface area (Å²) in [5.74, 6) is -3.77. The van der Waals surface area contributed by atoms with Gasteiger partial charge in [0.25, 0.3) is 0 Å². The van der Waals surface area contributed by atoms with Gasteiger partial charge in [0.1, 0.15) is 0 Å². The minimum atomic E-state index is -0.948. The molecule has 14 aromatic rings. The molecule has 0 saturated heterocycles. The molecule has 4 heterocycles. The molecular formula is C60H34F4N4. The number of fused-ring (bicyclic) bond motifs is 12.